The van der Waals surface area contributed by atoms with Crippen molar-refractivity contribution in [2.75, 3.05) is 30.3 Å². The van der Waals surface area contributed by atoms with Crippen LogP contribution < -0.4 is 16.0 Å². The molecule has 160 valence electrons. The lowest BCUT2D eigenvalue weighted by molar-refractivity contribution is 0.0231. The maximum Gasteiger partial charge on any atom is 0.163 e. The highest BCUT2D eigenvalue weighted by Gasteiger charge is 2.29. The Morgan fingerprint density at radius 1 is 1.23 bits per heavy atom. The Morgan fingerprint density at radius 2 is 2.00 bits per heavy atom. The number of rotatable bonds is 7. The summed E-state index contributed by atoms with van der Waals surface area (Å²) in [5.74, 6) is 1.92. The van der Waals surface area contributed by atoms with Gasteiger partial charge in [-0.15, -0.1) is 0 Å². The molecule has 30 heavy (non-hydrogen) atoms. The second kappa shape index (κ2) is 8.91. The third kappa shape index (κ3) is 4.61. The molecule has 1 aromatic carbocycles. The summed E-state index contributed by atoms with van der Waals surface area (Å²) in [4.78, 5) is 4.82. The molecule has 0 unspecified atom stereocenters. The number of nitrogens with zero attached hydrogens (tertiary/aromatic N) is 3. The van der Waals surface area contributed by atoms with Gasteiger partial charge in [0.1, 0.15) is 11.6 Å². The maximum atomic E-state index is 10.8. The molecule has 0 atom stereocenters. The monoisotopic (exact) mass is 472 g/mol. The van der Waals surface area contributed by atoms with Crippen LogP contribution in [0.15, 0.2) is 41.0 Å². The van der Waals surface area contributed by atoms with E-state index in [-0.39, 0.29) is 0 Å². The van der Waals surface area contributed by atoms with Crippen molar-refractivity contribution < 1.29 is 5.11 Å². The predicted octanol–water partition coefficient (Wildman–Crippen LogP) is 3.75. The maximum absolute atomic E-state index is 10.8. The predicted molar refractivity (Wildman–Crippen MR) is 124 cm³/mol. The van der Waals surface area contributed by atoms with Crippen LogP contribution in [0.25, 0.3) is 5.65 Å². The Hall–Kier alpha value is -2.16. The van der Waals surface area contributed by atoms with Gasteiger partial charge in [0.2, 0.25) is 0 Å². The fourth-order valence-corrected chi connectivity index (χ4v) is 4.18. The number of fused-ring (bicyclic) bond motifs is 1. The van der Waals surface area contributed by atoms with Crippen molar-refractivity contribution in [1.29, 1.82) is 0 Å². The third-order valence-corrected chi connectivity index (χ3v) is 6.45. The molecule has 0 aliphatic carbocycles. The quantitative estimate of drug-likeness (QED) is 0.418. The summed E-state index contributed by atoms with van der Waals surface area (Å²) >= 11 is 3.61. The Kier molecular flexibility index (Phi) is 6.26. The van der Waals surface area contributed by atoms with Crippen molar-refractivity contribution in [1.82, 2.24) is 19.9 Å². The smallest absolute Gasteiger partial charge is 0.163 e. The van der Waals surface area contributed by atoms with Crippen molar-refractivity contribution in [3.63, 3.8) is 0 Å². The molecule has 3 aromatic rings. The minimum absolute atomic E-state index is 0.315. The van der Waals surface area contributed by atoms with Crippen LogP contribution in [-0.4, -0.2) is 44.9 Å². The number of hydrogen-bond donors (Lipinski definition) is 4. The SMILES string of the molecule is CC(C)c1cnn2c(NCc3ccccc3Br)cc(NCC3(O)CCNCC3)nc12. The van der Waals surface area contributed by atoms with E-state index >= 15 is 0 Å². The molecular weight excluding hydrogens is 444 g/mol. The van der Waals surface area contributed by atoms with E-state index in [4.69, 9.17) is 4.98 Å². The molecule has 7 nitrogen and oxygen atoms in total. The highest BCUT2D eigenvalue weighted by atomic mass is 79.9. The van der Waals surface area contributed by atoms with Crippen molar-refractivity contribution in [2.45, 2.75) is 44.8 Å². The number of benzene rings is 1. The first-order chi connectivity index (χ1) is 14.5. The lowest BCUT2D eigenvalue weighted by Gasteiger charge is -2.32. The molecule has 1 aliphatic heterocycles. The van der Waals surface area contributed by atoms with Crippen molar-refractivity contribution in [3.05, 3.63) is 52.1 Å². The first kappa shape index (κ1) is 21.1. The molecule has 0 spiro atoms. The molecule has 4 rings (SSSR count). The van der Waals surface area contributed by atoms with Crippen molar-refractivity contribution in [3.8, 4) is 0 Å². The van der Waals surface area contributed by atoms with Gasteiger partial charge in [-0.1, -0.05) is 48.0 Å². The van der Waals surface area contributed by atoms with Crippen LogP contribution in [0, 0.1) is 0 Å². The lowest BCUT2D eigenvalue weighted by atomic mass is 9.92. The van der Waals surface area contributed by atoms with Gasteiger partial charge in [0.15, 0.2) is 5.65 Å². The molecule has 0 bridgehead atoms. The van der Waals surface area contributed by atoms with Gasteiger partial charge in [-0.05, 0) is 43.5 Å². The molecular formula is C22H29BrN6O. The van der Waals surface area contributed by atoms with E-state index in [2.05, 4.69) is 56.9 Å². The normalized spacial score (nSPS) is 16.2. The number of aliphatic hydroxyl groups is 1. The molecule has 1 saturated heterocycles. The van der Waals surface area contributed by atoms with Gasteiger partial charge in [-0.2, -0.15) is 9.61 Å². The minimum atomic E-state index is -0.706. The number of aromatic nitrogens is 3. The number of hydrogen-bond acceptors (Lipinski definition) is 6. The fraction of sp³-hybridized carbons (Fsp3) is 0.455. The van der Waals surface area contributed by atoms with Crippen LogP contribution in [0.2, 0.25) is 0 Å². The zero-order chi connectivity index (χ0) is 21.1. The molecule has 0 saturated carbocycles. The summed E-state index contributed by atoms with van der Waals surface area (Å²) < 4.78 is 2.92. The molecule has 4 N–H and O–H groups in total. The van der Waals surface area contributed by atoms with Crippen LogP contribution in [0.5, 0.6) is 0 Å². The van der Waals surface area contributed by atoms with E-state index in [1.165, 1.54) is 0 Å². The van der Waals surface area contributed by atoms with Crippen LogP contribution in [0.3, 0.4) is 0 Å². The minimum Gasteiger partial charge on any atom is -0.388 e. The van der Waals surface area contributed by atoms with Crippen LogP contribution >= 0.6 is 15.9 Å². The van der Waals surface area contributed by atoms with E-state index < -0.39 is 5.60 Å². The summed E-state index contributed by atoms with van der Waals surface area (Å²) in [6, 6.07) is 10.1. The summed E-state index contributed by atoms with van der Waals surface area (Å²) in [6.45, 7) is 7.10. The zero-order valence-electron chi connectivity index (χ0n) is 17.5. The number of nitrogens with one attached hydrogen (secondary N) is 3. The van der Waals surface area contributed by atoms with Gasteiger partial charge >= 0.3 is 0 Å². The number of halogens is 1. The standard InChI is InChI=1S/C22H29BrN6O/c1-15(2)17-13-27-29-20(25-12-16-5-3-4-6-18(16)23)11-19(28-21(17)29)26-14-22(30)7-9-24-10-8-22/h3-6,11,13,15,24-25,30H,7-10,12,14H2,1-2H3,(H,26,28). The molecule has 3 heterocycles. The Morgan fingerprint density at radius 3 is 2.73 bits per heavy atom. The number of piperidine rings is 1. The molecule has 0 radical (unpaired) electrons. The third-order valence-electron chi connectivity index (χ3n) is 5.67. The average Bonchev–Trinajstić information content (AvgIpc) is 3.17. The van der Waals surface area contributed by atoms with E-state index in [0.29, 0.717) is 19.0 Å². The van der Waals surface area contributed by atoms with Crippen LogP contribution in [0.1, 0.15) is 43.7 Å². The number of anilines is 2. The van der Waals surface area contributed by atoms with Gasteiger partial charge in [-0.3, -0.25) is 0 Å². The van der Waals surface area contributed by atoms with E-state index in [1.807, 2.05) is 35.0 Å². The second-order valence-corrected chi connectivity index (χ2v) is 9.14. The summed E-state index contributed by atoms with van der Waals surface area (Å²) in [5, 5.41) is 25.6. The largest absolute Gasteiger partial charge is 0.388 e. The summed E-state index contributed by atoms with van der Waals surface area (Å²) in [6.07, 6.45) is 3.36. The first-order valence-corrected chi connectivity index (χ1v) is 11.3. The average molecular weight is 473 g/mol. The Balaban J connectivity index is 1.61. The van der Waals surface area contributed by atoms with Crippen LogP contribution in [0.4, 0.5) is 11.6 Å². The topological polar surface area (TPSA) is 86.5 Å². The Labute approximate surface area is 185 Å². The first-order valence-electron chi connectivity index (χ1n) is 10.5. The molecule has 8 heteroatoms. The van der Waals surface area contributed by atoms with E-state index in [9.17, 15) is 5.11 Å². The van der Waals surface area contributed by atoms with Crippen molar-refractivity contribution in [2.24, 2.45) is 0 Å². The molecule has 1 aliphatic rings. The summed E-state index contributed by atoms with van der Waals surface area (Å²) in [7, 11) is 0. The van der Waals surface area contributed by atoms with E-state index in [1.54, 1.807) is 0 Å². The van der Waals surface area contributed by atoms with Gasteiger partial charge in [-0.25, -0.2) is 4.98 Å². The molecule has 2 aromatic heterocycles. The summed E-state index contributed by atoms with van der Waals surface area (Å²) in [5.41, 5.74) is 2.39. The lowest BCUT2D eigenvalue weighted by Crippen LogP contribution is -2.46. The second-order valence-electron chi connectivity index (χ2n) is 8.29. The molecule has 0 amide bonds. The zero-order valence-corrected chi connectivity index (χ0v) is 19.0. The van der Waals surface area contributed by atoms with Gasteiger partial charge in [0, 0.05) is 29.2 Å². The van der Waals surface area contributed by atoms with Gasteiger partial charge in [0.05, 0.1) is 11.8 Å². The van der Waals surface area contributed by atoms with E-state index in [0.717, 1.165) is 58.8 Å². The highest BCUT2D eigenvalue weighted by Crippen LogP contribution is 2.26. The molecule has 1 fully saturated rings. The van der Waals surface area contributed by atoms with Crippen LogP contribution in [-0.2, 0) is 6.54 Å². The van der Waals surface area contributed by atoms with Crippen molar-refractivity contribution >= 4 is 33.2 Å². The Bertz CT molecular complexity index is 1010. The highest BCUT2D eigenvalue weighted by molar-refractivity contribution is 9.10. The van der Waals surface area contributed by atoms with Gasteiger partial charge < -0.3 is 21.1 Å². The van der Waals surface area contributed by atoms with Gasteiger partial charge in [0.25, 0.3) is 0 Å². The fourth-order valence-electron chi connectivity index (χ4n) is 3.76.